The predicted molar refractivity (Wildman–Crippen MR) is 53.6 cm³/mol. The van der Waals surface area contributed by atoms with E-state index in [0.29, 0.717) is 5.56 Å². The van der Waals surface area contributed by atoms with Crippen LogP contribution in [0.25, 0.3) is 0 Å². The van der Waals surface area contributed by atoms with Crippen molar-refractivity contribution in [3.63, 3.8) is 0 Å². The van der Waals surface area contributed by atoms with Gasteiger partial charge in [0, 0.05) is 6.54 Å². The van der Waals surface area contributed by atoms with Crippen molar-refractivity contribution >= 4 is 30.0 Å². The Balaban J connectivity index is 0.00000144. The van der Waals surface area contributed by atoms with Crippen LogP contribution in [0.5, 0.6) is 0 Å². The normalized spacial score (nSPS) is 9.08. The molecule has 0 bridgehead atoms. The third kappa shape index (κ3) is 2.59. The van der Waals surface area contributed by atoms with Gasteiger partial charge in [-0.25, -0.2) is 4.79 Å². The molecule has 3 nitrogen and oxygen atoms in total. The van der Waals surface area contributed by atoms with E-state index in [0.717, 1.165) is 0 Å². The van der Waals surface area contributed by atoms with Gasteiger partial charge in [-0.3, -0.25) is 0 Å². The van der Waals surface area contributed by atoms with E-state index in [9.17, 15) is 4.79 Å². The first-order chi connectivity index (χ1) is 5.66. The van der Waals surface area contributed by atoms with Crippen LogP contribution in [0.1, 0.15) is 15.9 Å². The lowest BCUT2D eigenvalue weighted by Gasteiger charge is -2.03. The predicted octanol–water partition coefficient (Wildman–Crippen LogP) is 1.92. The number of nitrogens with two attached hydrogens (primary N) is 1. The number of carboxylic acid groups (broad SMARTS) is 1. The molecule has 5 heteroatoms. The standard InChI is InChI=1S/C8H8ClNO2.ClH/c9-6-3-1-2-5(4-10)7(6)8(11)12;/h1-3H,4,10H2,(H,11,12);1H. The molecule has 0 aliphatic carbocycles. The molecule has 0 amide bonds. The summed E-state index contributed by atoms with van der Waals surface area (Å²) >= 11 is 5.67. The van der Waals surface area contributed by atoms with E-state index in [1.807, 2.05) is 0 Å². The Morgan fingerprint density at radius 2 is 2.15 bits per heavy atom. The van der Waals surface area contributed by atoms with Crippen LogP contribution in [-0.2, 0) is 6.54 Å². The molecule has 72 valence electrons. The summed E-state index contributed by atoms with van der Waals surface area (Å²) in [6, 6.07) is 4.86. The van der Waals surface area contributed by atoms with Gasteiger partial charge in [-0.05, 0) is 11.6 Å². The topological polar surface area (TPSA) is 63.3 Å². The van der Waals surface area contributed by atoms with Crippen LogP contribution in [-0.4, -0.2) is 11.1 Å². The van der Waals surface area contributed by atoms with Crippen LogP contribution in [0.3, 0.4) is 0 Å². The molecule has 0 fully saturated rings. The molecule has 1 aromatic carbocycles. The van der Waals surface area contributed by atoms with Crippen molar-refractivity contribution in [3.05, 3.63) is 34.3 Å². The number of carboxylic acids is 1. The molecule has 1 rings (SSSR count). The molecule has 0 radical (unpaired) electrons. The van der Waals surface area contributed by atoms with Crippen LogP contribution < -0.4 is 5.73 Å². The Kier molecular flexibility index (Phi) is 4.77. The second-order valence-electron chi connectivity index (χ2n) is 2.28. The molecule has 1 aromatic rings. The number of carbonyl (C=O) groups is 1. The maximum Gasteiger partial charge on any atom is 0.337 e. The fraction of sp³-hybridized carbons (Fsp3) is 0.125. The van der Waals surface area contributed by atoms with E-state index in [1.54, 1.807) is 12.1 Å². The van der Waals surface area contributed by atoms with Crippen molar-refractivity contribution in [1.29, 1.82) is 0 Å². The molecule has 0 aliphatic rings. The number of halogens is 2. The summed E-state index contributed by atoms with van der Waals surface area (Å²) < 4.78 is 0. The van der Waals surface area contributed by atoms with Crippen molar-refractivity contribution in [3.8, 4) is 0 Å². The van der Waals surface area contributed by atoms with Gasteiger partial charge in [0.15, 0.2) is 0 Å². The van der Waals surface area contributed by atoms with Crippen LogP contribution in [0, 0.1) is 0 Å². The van der Waals surface area contributed by atoms with Crippen molar-refractivity contribution in [2.45, 2.75) is 6.54 Å². The van der Waals surface area contributed by atoms with Crippen LogP contribution in [0.2, 0.25) is 5.02 Å². The molecule has 3 N–H and O–H groups in total. The summed E-state index contributed by atoms with van der Waals surface area (Å²) in [4.78, 5) is 10.7. The first kappa shape index (κ1) is 12.2. The first-order valence-corrected chi connectivity index (χ1v) is 3.75. The minimum atomic E-state index is -1.04. The fourth-order valence-electron chi connectivity index (χ4n) is 0.978. The highest BCUT2D eigenvalue weighted by molar-refractivity contribution is 6.33. The zero-order valence-corrected chi connectivity index (χ0v) is 8.23. The van der Waals surface area contributed by atoms with Crippen molar-refractivity contribution < 1.29 is 9.90 Å². The average molecular weight is 222 g/mol. The Bertz CT molecular complexity index is 315. The van der Waals surface area contributed by atoms with Gasteiger partial charge in [0.25, 0.3) is 0 Å². The number of aromatic carboxylic acids is 1. The molecular formula is C8H9Cl2NO2. The second-order valence-corrected chi connectivity index (χ2v) is 2.69. The van der Waals surface area contributed by atoms with Gasteiger partial charge in [0.1, 0.15) is 0 Å². The van der Waals surface area contributed by atoms with Crippen LogP contribution in [0.4, 0.5) is 0 Å². The molecule has 0 aromatic heterocycles. The number of hydrogen-bond acceptors (Lipinski definition) is 2. The maximum atomic E-state index is 10.7. The van der Waals surface area contributed by atoms with E-state index in [1.165, 1.54) is 6.07 Å². The number of rotatable bonds is 2. The largest absolute Gasteiger partial charge is 0.478 e. The van der Waals surface area contributed by atoms with Crippen molar-refractivity contribution in [1.82, 2.24) is 0 Å². The Labute approximate surface area is 86.9 Å². The molecule has 0 saturated heterocycles. The van der Waals surface area contributed by atoms with Gasteiger partial charge < -0.3 is 10.8 Å². The minimum Gasteiger partial charge on any atom is -0.478 e. The fourth-order valence-corrected chi connectivity index (χ4v) is 1.25. The highest BCUT2D eigenvalue weighted by Gasteiger charge is 2.12. The summed E-state index contributed by atoms with van der Waals surface area (Å²) in [6.07, 6.45) is 0. The van der Waals surface area contributed by atoms with E-state index >= 15 is 0 Å². The van der Waals surface area contributed by atoms with Crippen molar-refractivity contribution in [2.24, 2.45) is 5.73 Å². The highest BCUT2D eigenvalue weighted by atomic mass is 35.5. The summed E-state index contributed by atoms with van der Waals surface area (Å²) in [5, 5.41) is 8.96. The summed E-state index contributed by atoms with van der Waals surface area (Å²) in [6.45, 7) is 0.183. The smallest absolute Gasteiger partial charge is 0.337 e. The monoisotopic (exact) mass is 221 g/mol. The molecule has 13 heavy (non-hydrogen) atoms. The summed E-state index contributed by atoms with van der Waals surface area (Å²) in [5.74, 6) is -1.04. The number of hydrogen-bond donors (Lipinski definition) is 2. The molecule has 0 spiro atoms. The molecule has 0 aliphatic heterocycles. The zero-order valence-electron chi connectivity index (χ0n) is 6.66. The first-order valence-electron chi connectivity index (χ1n) is 3.37. The van der Waals surface area contributed by atoms with Crippen molar-refractivity contribution in [2.75, 3.05) is 0 Å². The van der Waals surface area contributed by atoms with Gasteiger partial charge in [-0.15, -0.1) is 12.4 Å². The third-order valence-electron chi connectivity index (χ3n) is 1.53. The van der Waals surface area contributed by atoms with E-state index in [-0.39, 0.29) is 29.5 Å². The van der Waals surface area contributed by atoms with E-state index in [4.69, 9.17) is 22.4 Å². The lowest BCUT2D eigenvalue weighted by atomic mass is 10.1. The Hall–Kier alpha value is -0.770. The zero-order chi connectivity index (χ0) is 9.14. The Morgan fingerprint density at radius 3 is 2.54 bits per heavy atom. The maximum absolute atomic E-state index is 10.7. The van der Waals surface area contributed by atoms with Gasteiger partial charge in [-0.2, -0.15) is 0 Å². The molecule has 0 heterocycles. The van der Waals surface area contributed by atoms with E-state index in [2.05, 4.69) is 0 Å². The molecule has 0 atom stereocenters. The summed E-state index contributed by atoms with van der Waals surface area (Å²) in [5.41, 5.74) is 5.99. The lowest BCUT2D eigenvalue weighted by molar-refractivity contribution is 0.0696. The second kappa shape index (κ2) is 5.07. The third-order valence-corrected chi connectivity index (χ3v) is 1.85. The van der Waals surface area contributed by atoms with Gasteiger partial charge in [0.05, 0.1) is 10.6 Å². The minimum absolute atomic E-state index is 0. The average Bonchev–Trinajstić information content (AvgIpc) is 2.03. The van der Waals surface area contributed by atoms with E-state index < -0.39 is 5.97 Å². The lowest BCUT2D eigenvalue weighted by Crippen LogP contribution is -2.07. The molecule has 0 unspecified atom stereocenters. The van der Waals surface area contributed by atoms with Crippen LogP contribution >= 0.6 is 24.0 Å². The number of benzene rings is 1. The highest BCUT2D eigenvalue weighted by Crippen LogP contribution is 2.19. The molecule has 0 saturated carbocycles. The summed E-state index contributed by atoms with van der Waals surface area (Å²) in [7, 11) is 0. The quantitative estimate of drug-likeness (QED) is 0.803. The SMILES string of the molecule is Cl.NCc1cccc(Cl)c1C(=O)O. The molecular weight excluding hydrogens is 213 g/mol. The van der Waals surface area contributed by atoms with Crippen LogP contribution in [0.15, 0.2) is 18.2 Å². The Morgan fingerprint density at radius 1 is 1.54 bits per heavy atom. The van der Waals surface area contributed by atoms with Gasteiger partial charge in [0.2, 0.25) is 0 Å². The van der Waals surface area contributed by atoms with Gasteiger partial charge >= 0.3 is 5.97 Å². The van der Waals surface area contributed by atoms with Gasteiger partial charge in [-0.1, -0.05) is 23.7 Å².